The van der Waals surface area contributed by atoms with Crippen LogP contribution in [0.15, 0.2) is 36.9 Å². The van der Waals surface area contributed by atoms with E-state index in [4.69, 9.17) is 0 Å². The van der Waals surface area contributed by atoms with Crippen LogP contribution in [0.1, 0.15) is 30.1 Å². The van der Waals surface area contributed by atoms with Crippen molar-refractivity contribution in [3.05, 3.63) is 48.3 Å². The van der Waals surface area contributed by atoms with Crippen LogP contribution in [0.3, 0.4) is 0 Å². The molecule has 3 rings (SSSR count). The summed E-state index contributed by atoms with van der Waals surface area (Å²) >= 11 is 0. The van der Waals surface area contributed by atoms with E-state index in [1.54, 1.807) is 0 Å². The molecule has 1 N–H and O–H groups in total. The highest BCUT2D eigenvalue weighted by molar-refractivity contribution is 5.17. The van der Waals surface area contributed by atoms with Crippen LogP contribution in [0.4, 0.5) is 0 Å². The molecule has 2 aromatic heterocycles. The van der Waals surface area contributed by atoms with Gasteiger partial charge in [-0.15, -0.1) is 0 Å². The van der Waals surface area contributed by atoms with Gasteiger partial charge in [-0.1, -0.05) is 0 Å². The van der Waals surface area contributed by atoms with Crippen LogP contribution in [-0.4, -0.2) is 32.9 Å². The lowest BCUT2D eigenvalue weighted by Gasteiger charge is -2.32. The van der Waals surface area contributed by atoms with Gasteiger partial charge in [0.05, 0.1) is 6.54 Å². The Hall–Kier alpha value is -1.68. The van der Waals surface area contributed by atoms with Crippen molar-refractivity contribution >= 4 is 0 Å². The Bertz CT molecular complexity index is 466. The summed E-state index contributed by atoms with van der Waals surface area (Å²) in [5.74, 6) is 1.70. The summed E-state index contributed by atoms with van der Waals surface area (Å²) in [5.41, 5.74) is 1.41. The van der Waals surface area contributed by atoms with Crippen LogP contribution < -0.4 is 0 Å². The molecule has 4 heteroatoms. The first kappa shape index (κ1) is 11.4. The van der Waals surface area contributed by atoms with Gasteiger partial charge in [-0.3, -0.25) is 9.88 Å². The Labute approximate surface area is 107 Å². The van der Waals surface area contributed by atoms with Crippen molar-refractivity contribution in [3.63, 3.8) is 0 Å². The van der Waals surface area contributed by atoms with E-state index in [1.807, 2.05) is 24.8 Å². The van der Waals surface area contributed by atoms with E-state index >= 15 is 0 Å². The third kappa shape index (κ3) is 2.59. The lowest BCUT2D eigenvalue weighted by Crippen LogP contribution is -2.34. The van der Waals surface area contributed by atoms with E-state index in [-0.39, 0.29) is 0 Å². The number of aromatic nitrogens is 3. The van der Waals surface area contributed by atoms with Gasteiger partial charge in [-0.25, -0.2) is 4.98 Å². The minimum absolute atomic E-state index is 0.636. The molecule has 2 aromatic rings. The number of nitrogens with one attached hydrogen (secondary N) is 1. The smallest absolute Gasteiger partial charge is 0.120 e. The average molecular weight is 242 g/mol. The topological polar surface area (TPSA) is 44.8 Å². The van der Waals surface area contributed by atoms with Gasteiger partial charge in [0.15, 0.2) is 0 Å². The van der Waals surface area contributed by atoms with Crippen molar-refractivity contribution < 1.29 is 0 Å². The lowest BCUT2D eigenvalue weighted by atomic mass is 9.91. The zero-order chi connectivity index (χ0) is 12.2. The molecule has 94 valence electrons. The summed E-state index contributed by atoms with van der Waals surface area (Å²) in [6.45, 7) is 3.21. The number of likely N-dealkylation sites (tertiary alicyclic amines) is 1. The maximum Gasteiger partial charge on any atom is 0.120 e. The standard InChI is InChI=1S/C14H18N4/c1-2-13(12-3-5-15-6-4-12)10-18(9-1)11-14-16-7-8-17-14/h3-8,13H,1-2,9-11H2,(H,16,17)/t13-/m0/s1. The number of nitrogens with zero attached hydrogens (tertiary/aromatic N) is 3. The Morgan fingerprint density at radius 3 is 2.94 bits per heavy atom. The fourth-order valence-corrected chi connectivity index (χ4v) is 2.70. The van der Waals surface area contributed by atoms with E-state index in [0.717, 1.165) is 18.9 Å². The van der Waals surface area contributed by atoms with Crippen molar-refractivity contribution in [2.45, 2.75) is 25.3 Å². The van der Waals surface area contributed by atoms with E-state index in [9.17, 15) is 0 Å². The van der Waals surface area contributed by atoms with E-state index in [0.29, 0.717) is 5.92 Å². The fourth-order valence-electron chi connectivity index (χ4n) is 2.70. The third-order valence-electron chi connectivity index (χ3n) is 3.61. The molecule has 0 bridgehead atoms. The molecule has 1 aliphatic rings. The van der Waals surface area contributed by atoms with Crippen LogP contribution in [0.5, 0.6) is 0 Å². The highest BCUT2D eigenvalue weighted by atomic mass is 15.2. The first-order valence-electron chi connectivity index (χ1n) is 6.52. The molecule has 1 atom stereocenters. The summed E-state index contributed by atoms with van der Waals surface area (Å²) in [5, 5.41) is 0. The fraction of sp³-hybridized carbons (Fsp3) is 0.429. The lowest BCUT2D eigenvalue weighted by molar-refractivity contribution is 0.196. The Morgan fingerprint density at radius 2 is 2.17 bits per heavy atom. The minimum Gasteiger partial charge on any atom is -0.348 e. The number of hydrogen-bond acceptors (Lipinski definition) is 3. The van der Waals surface area contributed by atoms with Gasteiger partial charge < -0.3 is 4.98 Å². The van der Waals surface area contributed by atoms with E-state index in [1.165, 1.54) is 24.9 Å². The molecule has 0 aliphatic carbocycles. The molecule has 0 aromatic carbocycles. The molecule has 0 spiro atoms. The first-order chi connectivity index (χ1) is 8.92. The van der Waals surface area contributed by atoms with Crippen molar-refractivity contribution in [1.82, 2.24) is 19.9 Å². The molecule has 4 nitrogen and oxygen atoms in total. The largest absolute Gasteiger partial charge is 0.348 e. The molecule has 0 saturated carbocycles. The molecule has 3 heterocycles. The number of pyridine rings is 1. The maximum absolute atomic E-state index is 4.30. The van der Waals surface area contributed by atoms with Gasteiger partial charge in [0.25, 0.3) is 0 Å². The molecule has 0 radical (unpaired) electrons. The van der Waals surface area contributed by atoms with E-state index < -0.39 is 0 Å². The number of H-pyrrole nitrogens is 1. The molecule has 18 heavy (non-hydrogen) atoms. The Kier molecular flexibility index (Phi) is 3.37. The maximum atomic E-state index is 4.30. The van der Waals surface area contributed by atoms with Gasteiger partial charge in [0.2, 0.25) is 0 Å². The van der Waals surface area contributed by atoms with Crippen LogP contribution in [0.25, 0.3) is 0 Å². The number of hydrogen-bond donors (Lipinski definition) is 1. The predicted molar refractivity (Wildman–Crippen MR) is 70.1 cm³/mol. The summed E-state index contributed by atoms with van der Waals surface area (Å²) in [6, 6.07) is 4.28. The van der Waals surface area contributed by atoms with E-state index in [2.05, 4.69) is 32.0 Å². The molecule has 1 saturated heterocycles. The monoisotopic (exact) mass is 242 g/mol. The number of aromatic amines is 1. The molecule has 1 fully saturated rings. The normalized spacial score (nSPS) is 21.0. The van der Waals surface area contributed by atoms with Gasteiger partial charge in [0.1, 0.15) is 5.82 Å². The highest BCUT2D eigenvalue weighted by Gasteiger charge is 2.21. The van der Waals surface area contributed by atoms with Gasteiger partial charge >= 0.3 is 0 Å². The zero-order valence-corrected chi connectivity index (χ0v) is 10.4. The van der Waals surface area contributed by atoms with Crippen molar-refractivity contribution in [2.75, 3.05) is 13.1 Å². The van der Waals surface area contributed by atoms with Crippen LogP contribution >= 0.6 is 0 Å². The average Bonchev–Trinajstić information content (AvgIpc) is 2.93. The van der Waals surface area contributed by atoms with Crippen molar-refractivity contribution in [1.29, 1.82) is 0 Å². The predicted octanol–water partition coefficient (Wildman–Crippen LogP) is 2.18. The van der Waals surface area contributed by atoms with Crippen molar-refractivity contribution in [3.8, 4) is 0 Å². The van der Waals surface area contributed by atoms with Crippen LogP contribution in [0.2, 0.25) is 0 Å². The Balaban J connectivity index is 1.65. The summed E-state index contributed by atoms with van der Waals surface area (Å²) in [7, 11) is 0. The molecular formula is C14H18N4. The second-order valence-electron chi connectivity index (χ2n) is 4.89. The third-order valence-corrected chi connectivity index (χ3v) is 3.61. The molecule has 0 amide bonds. The van der Waals surface area contributed by atoms with Crippen molar-refractivity contribution in [2.24, 2.45) is 0 Å². The molecular weight excluding hydrogens is 224 g/mol. The summed E-state index contributed by atoms with van der Waals surface area (Å²) in [4.78, 5) is 14.0. The van der Waals surface area contributed by atoms with Crippen LogP contribution in [-0.2, 0) is 6.54 Å². The zero-order valence-electron chi connectivity index (χ0n) is 10.4. The quantitative estimate of drug-likeness (QED) is 0.897. The number of imidazole rings is 1. The number of rotatable bonds is 3. The second kappa shape index (κ2) is 5.31. The second-order valence-corrected chi connectivity index (χ2v) is 4.89. The highest BCUT2D eigenvalue weighted by Crippen LogP contribution is 2.26. The SMILES string of the molecule is c1cc([C@H]2CCCN(Cc3ncc[nH]3)C2)ccn1. The van der Waals surface area contributed by atoms with Gasteiger partial charge in [-0.2, -0.15) is 0 Å². The Morgan fingerprint density at radius 1 is 1.28 bits per heavy atom. The molecule has 0 unspecified atom stereocenters. The van der Waals surface area contributed by atoms with Gasteiger partial charge in [-0.05, 0) is 43.0 Å². The van der Waals surface area contributed by atoms with Gasteiger partial charge in [0, 0.05) is 31.3 Å². The molecule has 1 aliphatic heterocycles. The minimum atomic E-state index is 0.636. The summed E-state index contributed by atoms with van der Waals surface area (Å²) in [6.07, 6.45) is 10.0. The summed E-state index contributed by atoms with van der Waals surface area (Å²) < 4.78 is 0. The number of piperidine rings is 1. The first-order valence-corrected chi connectivity index (χ1v) is 6.52. The van der Waals surface area contributed by atoms with Crippen LogP contribution in [0, 0.1) is 0 Å².